The standard InChI is InChI=1S/C28H46O3/c1-16(2)17(3)7-8-18(4)21-9-10-22-26-23(11-12-27(21,22)5)28(6)19(14-24(26)30)13-20(29)15-25(28)31/h14,16,18,20-26,29-31H,3,7-13,15H2,1-2,4-6H3. The lowest BCUT2D eigenvalue weighted by molar-refractivity contribution is -0.133. The van der Waals surface area contributed by atoms with Crippen LogP contribution in [0.4, 0.5) is 0 Å². The summed E-state index contributed by atoms with van der Waals surface area (Å²) in [4.78, 5) is 0. The molecule has 0 saturated heterocycles. The van der Waals surface area contributed by atoms with Gasteiger partial charge in [0.25, 0.3) is 0 Å². The molecule has 3 saturated carbocycles. The maximum Gasteiger partial charge on any atom is 0.0757 e. The molecular weight excluding hydrogens is 384 g/mol. The number of aliphatic hydroxyl groups is 3. The molecule has 0 amide bonds. The van der Waals surface area contributed by atoms with Gasteiger partial charge < -0.3 is 15.3 Å². The predicted octanol–water partition coefficient (Wildman–Crippen LogP) is 5.50. The lowest BCUT2D eigenvalue weighted by atomic mass is 9.45. The first-order valence-corrected chi connectivity index (χ1v) is 12.9. The van der Waals surface area contributed by atoms with Gasteiger partial charge in [0.2, 0.25) is 0 Å². The van der Waals surface area contributed by atoms with Crippen LogP contribution >= 0.6 is 0 Å². The molecule has 176 valence electrons. The molecular formula is C28H46O3. The summed E-state index contributed by atoms with van der Waals surface area (Å²) in [6, 6.07) is 0. The van der Waals surface area contributed by atoms with Crippen molar-refractivity contribution in [2.75, 3.05) is 0 Å². The highest BCUT2D eigenvalue weighted by Gasteiger charge is 2.62. The van der Waals surface area contributed by atoms with E-state index in [0.717, 1.165) is 18.4 Å². The molecule has 4 aliphatic rings. The highest BCUT2D eigenvalue weighted by Crippen LogP contribution is 2.67. The first kappa shape index (κ1) is 23.5. The van der Waals surface area contributed by atoms with Crippen LogP contribution < -0.4 is 0 Å². The Balaban J connectivity index is 1.56. The second-order valence-electron chi connectivity index (χ2n) is 12.4. The molecule has 0 aliphatic heterocycles. The molecule has 0 bridgehead atoms. The second-order valence-corrected chi connectivity index (χ2v) is 12.4. The topological polar surface area (TPSA) is 60.7 Å². The van der Waals surface area contributed by atoms with E-state index in [1.54, 1.807) is 0 Å². The molecule has 0 radical (unpaired) electrons. The minimum absolute atomic E-state index is 0.236. The molecule has 0 aromatic carbocycles. The number of aliphatic hydroxyl groups excluding tert-OH is 3. The molecule has 3 N–H and O–H groups in total. The molecule has 3 heteroatoms. The molecule has 4 rings (SSSR count). The summed E-state index contributed by atoms with van der Waals surface area (Å²) >= 11 is 0. The number of rotatable bonds is 5. The normalized spacial score (nSPS) is 47.9. The van der Waals surface area contributed by atoms with Crippen LogP contribution in [0.15, 0.2) is 23.8 Å². The minimum atomic E-state index is -0.509. The van der Waals surface area contributed by atoms with E-state index < -0.39 is 18.3 Å². The quantitative estimate of drug-likeness (QED) is 0.505. The highest BCUT2D eigenvalue weighted by molar-refractivity contribution is 5.30. The average molecular weight is 431 g/mol. The third kappa shape index (κ3) is 3.67. The maximum absolute atomic E-state index is 11.3. The van der Waals surface area contributed by atoms with E-state index in [2.05, 4.69) is 41.2 Å². The Bertz CT molecular complexity index is 726. The van der Waals surface area contributed by atoms with Gasteiger partial charge >= 0.3 is 0 Å². The van der Waals surface area contributed by atoms with E-state index in [1.807, 2.05) is 6.08 Å². The summed E-state index contributed by atoms with van der Waals surface area (Å²) in [5.41, 5.74) is 2.47. The molecule has 3 nitrogen and oxygen atoms in total. The lowest BCUT2D eigenvalue weighted by Crippen LogP contribution is -2.58. The fourth-order valence-electron chi connectivity index (χ4n) is 8.57. The van der Waals surface area contributed by atoms with Gasteiger partial charge in [-0.05, 0) is 85.9 Å². The van der Waals surface area contributed by atoms with Gasteiger partial charge in [-0.2, -0.15) is 0 Å². The van der Waals surface area contributed by atoms with E-state index in [9.17, 15) is 15.3 Å². The van der Waals surface area contributed by atoms with Crippen LogP contribution in [0, 0.1) is 46.3 Å². The van der Waals surface area contributed by atoms with Crippen molar-refractivity contribution in [3.8, 4) is 0 Å². The summed E-state index contributed by atoms with van der Waals surface area (Å²) in [5, 5.41) is 32.6. The smallest absolute Gasteiger partial charge is 0.0757 e. The van der Waals surface area contributed by atoms with Crippen molar-refractivity contribution in [1.82, 2.24) is 0 Å². The monoisotopic (exact) mass is 430 g/mol. The average Bonchev–Trinajstić information content (AvgIpc) is 3.05. The van der Waals surface area contributed by atoms with E-state index in [0.29, 0.717) is 42.4 Å². The minimum Gasteiger partial charge on any atom is -0.393 e. The van der Waals surface area contributed by atoms with Crippen molar-refractivity contribution >= 4 is 0 Å². The Hall–Kier alpha value is -0.640. The largest absolute Gasteiger partial charge is 0.393 e. The van der Waals surface area contributed by atoms with Gasteiger partial charge in [0.1, 0.15) is 0 Å². The molecule has 0 heterocycles. The van der Waals surface area contributed by atoms with Crippen LogP contribution in [0.2, 0.25) is 0 Å². The molecule has 10 atom stereocenters. The third-order valence-corrected chi connectivity index (χ3v) is 10.7. The number of hydrogen-bond donors (Lipinski definition) is 3. The zero-order valence-electron chi connectivity index (χ0n) is 20.5. The summed E-state index contributed by atoms with van der Waals surface area (Å²) in [6.07, 6.45) is 8.77. The number of allylic oxidation sites excluding steroid dienone is 1. The Morgan fingerprint density at radius 3 is 2.48 bits per heavy atom. The van der Waals surface area contributed by atoms with Gasteiger partial charge in [-0.1, -0.05) is 58.4 Å². The van der Waals surface area contributed by atoms with Crippen molar-refractivity contribution < 1.29 is 15.3 Å². The molecule has 31 heavy (non-hydrogen) atoms. The van der Waals surface area contributed by atoms with Crippen molar-refractivity contribution in [3.05, 3.63) is 23.8 Å². The van der Waals surface area contributed by atoms with Crippen LogP contribution in [-0.4, -0.2) is 33.6 Å². The molecule has 0 spiro atoms. The Labute approximate surface area is 190 Å². The van der Waals surface area contributed by atoms with Gasteiger partial charge in [-0.3, -0.25) is 0 Å². The second kappa shape index (κ2) is 8.29. The summed E-state index contributed by atoms with van der Waals surface area (Å²) in [5.74, 6) is 3.03. The van der Waals surface area contributed by atoms with Crippen molar-refractivity contribution in [3.63, 3.8) is 0 Å². The van der Waals surface area contributed by atoms with Crippen LogP contribution in [0.5, 0.6) is 0 Å². The van der Waals surface area contributed by atoms with E-state index >= 15 is 0 Å². The molecule has 10 unspecified atom stereocenters. The first-order chi connectivity index (χ1) is 14.5. The maximum atomic E-state index is 11.3. The Morgan fingerprint density at radius 2 is 1.81 bits per heavy atom. The van der Waals surface area contributed by atoms with E-state index in [4.69, 9.17) is 0 Å². The van der Waals surface area contributed by atoms with Gasteiger partial charge in [0.05, 0.1) is 18.3 Å². The van der Waals surface area contributed by atoms with Gasteiger partial charge in [0.15, 0.2) is 0 Å². The fraction of sp³-hybridized carbons (Fsp3) is 0.857. The predicted molar refractivity (Wildman–Crippen MR) is 126 cm³/mol. The van der Waals surface area contributed by atoms with Crippen LogP contribution in [0.25, 0.3) is 0 Å². The Morgan fingerprint density at radius 1 is 1.10 bits per heavy atom. The molecule has 4 aliphatic carbocycles. The fourth-order valence-corrected chi connectivity index (χ4v) is 8.57. The van der Waals surface area contributed by atoms with Crippen molar-refractivity contribution in [2.24, 2.45) is 46.3 Å². The highest BCUT2D eigenvalue weighted by atomic mass is 16.3. The first-order valence-electron chi connectivity index (χ1n) is 12.9. The summed E-state index contributed by atoms with van der Waals surface area (Å²) in [6.45, 7) is 15.9. The van der Waals surface area contributed by atoms with Crippen LogP contribution in [0.1, 0.15) is 86.0 Å². The zero-order chi connectivity index (χ0) is 22.7. The van der Waals surface area contributed by atoms with Crippen molar-refractivity contribution in [1.29, 1.82) is 0 Å². The van der Waals surface area contributed by atoms with Gasteiger partial charge in [-0.25, -0.2) is 0 Å². The summed E-state index contributed by atoms with van der Waals surface area (Å²) in [7, 11) is 0. The summed E-state index contributed by atoms with van der Waals surface area (Å²) < 4.78 is 0. The zero-order valence-corrected chi connectivity index (χ0v) is 20.5. The third-order valence-electron chi connectivity index (χ3n) is 10.7. The van der Waals surface area contributed by atoms with Crippen molar-refractivity contribution in [2.45, 2.75) is 104 Å². The lowest BCUT2D eigenvalue weighted by Gasteiger charge is -2.60. The van der Waals surface area contributed by atoms with E-state index in [-0.39, 0.29) is 16.7 Å². The van der Waals surface area contributed by atoms with Crippen LogP contribution in [0.3, 0.4) is 0 Å². The Kier molecular flexibility index (Phi) is 6.29. The van der Waals surface area contributed by atoms with Gasteiger partial charge in [-0.15, -0.1) is 0 Å². The van der Waals surface area contributed by atoms with Crippen LogP contribution in [-0.2, 0) is 0 Å². The number of hydrogen-bond acceptors (Lipinski definition) is 3. The molecule has 0 aromatic heterocycles. The molecule has 3 fully saturated rings. The number of fused-ring (bicyclic) bond motifs is 5. The van der Waals surface area contributed by atoms with E-state index in [1.165, 1.54) is 31.3 Å². The van der Waals surface area contributed by atoms with Gasteiger partial charge in [0, 0.05) is 11.8 Å². The SMILES string of the molecule is C=C(CCC(C)C1CCC2C3C(O)C=C4CC(O)CC(O)C4(C)C3CCC12C)C(C)C. The molecule has 0 aromatic rings.